The molecule has 0 saturated carbocycles. The van der Waals surface area contributed by atoms with Gasteiger partial charge < -0.3 is 4.42 Å². The van der Waals surface area contributed by atoms with Gasteiger partial charge in [0.1, 0.15) is 0 Å². The zero-order valence-electron chi connectivity index (χ0n) is 9.77. The number of hydrazine groups is 1. The lowest BCUT2D eigenvalue weighted by atomic mass is 9.93. The fourth-order valence-corrected chi connectivity index (χ4v) is 2.95. The number of rotatable bonds is 3. The van der Waals surface area contributed by atoms with E-state index in [2.05, 4.69) is 16.5 Å². The molecule has 4 nitrogen and oxygen atoms in total. The van der Waals surface area contributed by atoms with E-state index in [1.165, 1.54) is 5.56 Å². The predicted octanol–water partition coefficient (Wildman–Crippen LogP) is 2.56. The van der Waals surface area contributed by atoms with Crippen molar-refractivity contribution in [3.8, 4) is 0 Å². The molecule has 1 aliphatic rings. The van der Waals surface area contributed by atoms with Gasteiger partial charge in [-0.3, -0.25) is 16.3 Å². The van der Waals surface area contributed by atoms with Gasteiger partial charge in [0.25, 0.3) is 0 Å². The Morgan fingerprint density at radius 3 is 3.11 bits per heavy atom. The molecule has 0 radical (unpaired) electrons. The summed E-state index contributed by atoms with van der Waals surface area (Å²) in [6, 6.07) is 5.88. The van der Waals surface area contributed by atoms with Crippen LogP contribution >= 0.6 is 11.6 Å². The number of pyridine rings is 1. The van der Waals surface area contributed by atoms with Crippen molar-refractivity contribution in [1.29, 1.82) is 0 Å². The van der Waals surface area contributed by atoms with Gasteiger partial charge in [-0.15, -0.1) is 0 Å². The van der Waals surface area contributed by atoms with Crippen LogP contribution in [-0.2, 0) is 6.42 Å². The maximum atomic E-state index is 6.04. The highest BCUT2D eigenvalue weighted by molar-refractivity contribution is 6.29. The van der Waals surface area contributed by atoms with Crippen LogP contribution in [0.1, 0.15) is 35.2 Å². The molecule has 0 aliphatic heterocycles. The Balaban J connectivity index is 1.98. The van der Waals surface area contributed by atoms with Crippen molar-refractivity contribution in [1.82, 2.24) is 10.4 Å². The number of hydrogen-bond donors (Lipinski definition) is 2. The molecule has 3 N–H and O–H groups in total. The minimum atomic E-state index is -0.0626. The first kappa shape index (κ1) is 11.7. The zero-order chi connectivity index (χ0) is 12.5. The number of fused-ring (bicyclic) bond motifs is 1. The Morgan fingerprint density at radius 2 is 2.39 bits per heavy atom. The van der Waals surface area contributed by atoms with Gasteiger partial charge >= 0.3 is 0 Å². The van der Waals surface area contributed by atoms with Crippen molar-refractivity contribution in [3.05, 3.63) is 52.7 Å². The highest BCUT2D eigenvalue weighted by atomic mass is 35.5. The van der Waals surface area contributed by atoms with Crippen molar-refractivity contribution in [3.63, 3.8) is 0 Å². The summed E-state index contributed by atoms with van der Waals surface area (Å²) in [7, 11) is 0. The maximum absolute atomic E-state index is 6.04. The summed E-state index contributed by atoms with van der Waals surface area (Å²) in [5.41, 5.74) is 6.14. The zero-order valence-corrected chi connectivity index (χ0v) is 10.5. The Kier molecular flexibility index (Phi) is 3.07. The number of aryl methyl sites for hydroxylation is 1. The molecule has 2 aromatic rings. The Morgan fingerprint density at radius 1 is 1.50 bits per heavy atom. The van der Waals surface area contributed by atoms with Gasteiger partial charge in [0.2, 0.25) is 0 Å². The molecule has 2 unspecified atom stereocenters. The molecule has 0 bridgehead atoms. The van der Waals surface area contributed by atoms with Crippen LogP contribution < -0.4 is 11.3 Å². The maximum Gasteiger partial charge on any atom is 0.197 e. The van der Waals surface area contributed by atoms with Gasteiger partial charge in [0.15, 0.2) is 5.22 Å². The van der Waals surface area contributed by atoms with E-state index in [1.54, 1.807) is 6.26 Å². The molecule has 0 amide bonds. The first-order valence-corrected chi connectivity index (χ1v) is 6.32. The number of furan rings is 1. The third kappa shape index (κ3) is 1.82. The summed E-state index contributed by atoms with van der Waals surface area (Å²) >= 11 is 6.04. The molecule has 94 valence electrons. The fourth-order valence-electron chi connectivity index (χ4n) is 2.72. The molecule has 0 fully saturated rings. The minimum Gasteiger partial charge on any atom is -0.453 e. The van der Waals surface area contributed by atoms with Crippen LogP contribution in [0.2, 0.25) is 5.22 Å². The molecule has 1 aliphatic carbocycles. The highest BCUT2D eigenvalue weighted by Crippen LogP contribution is 2.41. The first-order chi connectivity index (χ1) is 8.81. The molecular weight excluding hydrogens is 250 g/mol. The molecule has 2 atom stereocenters. The average molecular weight is 264 g/mol. The topological polar surface area (TPSA) is 64.1 Å². The third-order valence-corrected chi connectivity index (χ3v) is 3.87. The van der Waals surface area contributed by atoms with Crippen LogP contribution in [0.4, 0.5) is 0 Å². The molecule has 3 rings (SSSR count). The molecular formula is C13H14ClN3O. The summed E-state index contributed by atoms with van der Waals surface area (Å²) < 4.78 is 5.14. The largest absolute Gasteiger partial charge is 0.453 e. The van der Waals surface area contributed by atoms with Gasteiger partial charge in [0, 0.05) is 23.4 Å². The van der Waals surface area contributed by atoms with Crippen LogP contribution in [0.15, 0.2) is 35.1 Å². The van der Waals surface area contributed by atoms with E-state index in [0.29, 0.717) is 5.22 Å². The predicted molar refractivity (Wildman–Crippen MR) is 69.1 cm³/mol. The van der Waals surface area contributed by atoms with E-state index < -0.39 is 0 Å². The Hall–Kier alpha value is -1.36. The van der Waals surface area contributed by atoms with Crippen molar-refractivity contribution < 1.29 is 4.42 Å². The fraction of sp³-hybridized carbons (Fsp3) is 0.308. The number of nitrogens with one attached hydrogen (secondary N) is 1. The van der Waals surface area contributed by atoms with E-state index >= 15 is 0 Å². The van der Waals surface area contributed by atoms with Crippen LogP contribution in [0.5, 0.6) is 0 Å². The highest BCUT2D eigenvalue weighted by Gasteiger charge is 2.33. The molecule has 2 aromatic heterocycles. The minimum absolute atomic E-state index is 0.0626. The quantitative estimate of drug-likeness (QED) is 0.660. The summed E-state index contributed by atoms with van der Waals surface area (Å²) in [6.45, 7) is 0. The van der Waals surface area contributed by atoms with Crippen molar-refractivity contribution in [2.75, 3.05) is 0 Å². The normalized spacial score (nSPS) is 19.8. The molecule has 0 aromatic carbocycles. The van der Waals surface area contributed by atoms with Gasteiger partial charge in [0.05, 0.1) is 12.3 Å². The smallest absolute Gasteiger partial charge is 0.197 e. The van der Waals surface area contributed by atoms with Crippen molar-refractivity contribution in [2.45, 2.75) is 24.8 Å². The van der Waals surface area contributed by atoms with E-state index in [1.807, 2.05) is 18.3 Å². The molecule has 0 saturated heterocycles. The summed E-state index contributed by atoms with van der Waals surface area (Å²) in [5.74, 6) is 5.93. The first-order valence-electron chi connectivity index (χ1n) is 5.94. The number of aromatic nitrogens is 1. The Labute approximate surface area is 110 Å². The SMILES string of the molecule is NNC(c1ccoc1Cl)C1CCc2cccnc21. The third-order valence-electron chi connectivity index (χ3n) is 3.57. The van der Waals surface area contributed by atoms with E-state index in [4.69, 9.17) is 21.9 Å². The lowest BCUT2D eigenvalue weighted by molar-refractivity contribution is 0.441. The van der Waals surface area contributed by atoms with Crippen LogP contribution in [-0.4, -0.2) is 4.98 Å². The molecule has 5 heteroatoms. The molecule has 2 heterocycles. The van der Waals surface area contributed by atoms with Crippen molar-refractivity contribution >= 4 is 11.6 Å². The standard InChI is InChI=1S/C13H14ClN3O/c14-13-10(5-7-18-13)12(17-15)9-4-3-8-2-1-6-16-11(8)9/h1-2,5-7,9,12,17H,3-4,15H2. The van der Waals surface area contributed by atoms with Gasteiger partial charge in [-0.1, -0.05) is 6.07 Å². The second-order valence-corrected chi connectivity index (χ2v) is 4.83. The van der Waals surface area contributed by atoms with Gasteiger partial charge in [-0.05, 0) is 42.1 Å². The second-order valence-electron chi connectivity index (χ2n) is 4.49. The summed E-state index contributed by atoms with van der Waals surface area (Å²) in [5, 5.41) is 0.391. The summed E-state index contributed by atoms with van der Waals surface area (Å²) in [6.07, 6.45) is 5.45. The van der Waals surface area contributed by atoms with Gasteiger partial charge in [-0.2, -0.15) is 0 Å². The Bertz CT molecular complexity index is 555. The summed E-state index contributed by atoms with van der Waals surface area (Å²) in [4.78, 5) is 4.48. The van der Waals surface area contributed by atoms with Gasteiger partial charge in [-0.25, -0.2) is 0 Å². The number of halogens is 1. The van der Waals surface area contributed by atoms with E-state index in [0.717, 1.165) is 24.1 Å². The lowest BCUT2D eigenvalue weighted by Crippen LogP contribution is -2.32. The lowest BCUT2D eigenvalue weighted by Gasteiger charge is -2.22. The average Bonchev–Trinajstić information content (AvgIpc) is 2.99. The van der Waals surface area contributed by atoms with Crippen LogP contribution in [0.3, 0.4) is 0 Å². The molecule has 18 heavy (non-hydrogen) atoms. The van der Waals surface area contributed by atoms with Crippen LogP contribution in [0.25, 0.3) is 0 Å². The number of hydrogen-bond acceptors (Lipinski definition) is 4. The van der Waals surface area contributed by atoms with Crippen LogP contribution in [0, 0.1) is 0 Å². The van der Waals surface area contributed by atoms with E-state index in [-0.39, 0.29) is 12.0 Å². The number of nitrogens with two attached hydrogens (primary N) is 1. The molecule has 0 spiro atoms. The monoisotopic (exact) mass is 263 g/mol. The number of nitrogens with zero attached hydrogens (tertiary/aromatic N) is 1. The van der Waals surface area contributed by atoms with E-state index in [9.17, 15) is 0 Å². The van der Waals surface area contributed by atoms with Crippen molar-refractivity contribution in [2.24, 2.45) is 5.84 Å². The second kappa shape index (κ2) is 4.72.